The summed E-state index contributed by atoms with van der Waals surface area (Å²) < 4.78 is 4.46. The molecule has 0 saturated carbocycles. The Morgan fingerprint density at radius 1 is 1.19 bits per heavy atom. The highest BCUT2D eigenvalue weighted by molar-refractivity contribution is 9.10. The Morgan fingerprint density at radius 3 is 2.77 bits per heavy atom. The molecular weight excluding hydrogens is 418 g/mol. The van der Waals surface area contributed by atoms with Crippen LogP contribution in [-0.2, 0) is 13.1 Å². The van der Waals surface area contributed by atoms with Crippen molar-refractivity contribution in [2.75, 3.05) is 5.32 Å². The molecule has 2 aromatic heterocycles. The molecule has 132 valence electrons. The Morgan fingerprint density at radius 2 is 2.00 bits per heavy atom. The Kier molecular flexibility index (Phi) is 4.42. The van der Waals surface area contributed by atoms with Crippen LogP contribution in [0.15, 0.2) is 51.7 Å². The molecule has 2 heterocycles. The minimum Gasteiger partial charge on any atom is -0.377 e. The van der Waals surface area contributed by atoms with E-state index >= 15 is 0 Å². The van der Waals surface area contributed by atoms with Crippen LogP contribution >= 0.6 is 27.5 Å². The highest BCUT2D eigenvalue weighted by atomic mass is 79.9. The number of rotatable bonds is 4. The lowest BCUT2D eigenvalue weighted by atomic mass is 10.2. The second-order valence-electron chi connectivity index (χ2n) is 5.80. The molecule has 0 unspecified atom stereocenters. The average Bonchev–Trinajstić information content (AvgIpc) is 3.05. The minimum absolute atomic E-state index is 0.0570. The Balaban J connectivity index is 1.84. The fourth-order valence-corrected chi connectivity index (χ4v) is 3.76. The van der Waals surface area contributed by atoms with Crippen molar-refractivity contribution >= 4 is 49.9 Å². The normalized spacial score (nSPS) is 11.3. The standard InChI is InChI=1S/C18H15BrClN5O/c1-2-24-17(26)12-5-3-4-6-15(12)25-16(22-23-18(24)25)10-21-14-8-7-11(19)9-13(14)20/h3-9,21H,2,10H2,1H3. The SMILES string of the molecule is CCn1c(=O)c2ccccc2n2c(CNc3ccc(Br)cc3Cl)nnc12. The molecule has 0 saturated heterocycles. The summed E-state index contributed by atoms with van der Waals surface area (Å²) in [5.41, 5.74) is 1.54. The summed E-state index contributed by atoms with van der Waals surface area (Å²) >= 11 is 9.67. The third-order valence-corrected chi connectivity index (χ3v) is 5.07. The summed E-state index contributed by atoms with van der Waals surface area (Å²) in [4.78, 5) is 12.7. The van der Waals surface area contributed by atoms with Crippen LogP contribution in [0.4, 0.5) is 5.69 Å². The molecule has 0 radical (unpaired) electrons. The number of aromatic nitrogens is 4. The summed E-state index contributed by atoms with van der Waals surface area (Å²) in [5.74, 6) is 1.24. The zero-order valence-electron chi connectivity index (χ0n) is 13.9. The lowest BCUT2D eigenvalue weighted by molar-refractivity contribution is 0.734. The molecule has 0 aliphatic rings. The maximum absolute atomic E-state index is 12.7. The number of fused-ring (bicyclic) bond motifs is 3. The van der Waals surface area contributed by atoms with Crippen molar-refractivity contribution in [2.24, 2.45) is 0 Å². The maximum Gasteiger partial charge on any atom is 0.262 e. The molecule has 6 nitrogen and oxygen atoms in total. The van der Waals surface area contributed by atoms with E-state index in [1.54, 1.807) is 4.57 Å². The van der Waals surface area contributed by atoms with E-state index < -0.39 is 0 Å². The van der Waals surface area contributed by atoms with Gasteiger partial charge in [-0.3, -0.25) is 13.8 Å². The van der Waals surface area contributed by atoms with Gasteiger partial charge < -0.3 is 5.32 Å². The van der Waals surface area contributed by atoms with E-state index in [1.165, 1.54) is 0 Å². The van der Waals surface area contributed by atoms with Gasteiger partial charge >= 0.3 is 0 Å². The van der Waals surface area contributed by atoms with Gasteiger partial charge in [0.1, 0.15) is 0 Å². The molecule has 26 heavy (non-hydrogen) atoms. The van der Waals surface area contributed by atoms with Crippen molar-refractivity contribution in [3.05, 3.63) is 68.1 Å². The average molecular weight is 433 g/mol. The van der Waals surface area contributed by atoms with Crippen molar-refractivity contribution in [1.29, 1.82) is 0 Å². The Hall–Kier alpha value is -2.38. The van der Waals surface area contributed by atoms with E-state index in [-0.39, 0.29) is 5.56 Å². The van der Waals surface area contributed by atoms with Crippen LogP contribution in [0, 0.1) is 0 Å². The zero-order valence-corrected chi connectivity index (χ0v) is 16.3. The molecule has 0 fully saturated rings. The summed E-state index contributed by atoms with van der Waals surface area (Å²) in [5, 5.41) is 13.1. The predicted octanol–water partition coefficient (Wildman–Crippen LogP) is 4.09. The lowest BCUT2D eigenvalue weighted by Crippen LogP contribution is -2.22. The van der Waals surface area contributed by atoms with Gasteiger partial charge in [0.05, 0.1) is 28.2 Å². The topological polar surface area (TPSA) is 64.2 Å². The molecule has 0 spiro atoms. The van der Waals surface area contributed by atoms with Crippen LogP contribution in [0.3, 0.4) is 0 Å². The highest BCUT2D eigenvalue weighted by Gasteiger charge is 2.15. The van der Waals surface area contributed by atoms with Crippen LogP contribution in [0.25, 0.3) is 16.7 Å². The van der Waals surface area contributed by atoms with Crippen LogP contribution in [0.1, 0.15) is 12.7 Å². The number of aryl methyl sites for hydroxylation is 1. The van der Waals surface area contributed by atoms with Crippen molar-refractivity contribution in [1.82, 2.24) is 19.2 Å². The summed E-state index contributed by atoms with van der Waals surface area (Å²) in [6, 6.07) is 13.1. The molecule has 2 aromatic carbocycles. The predicted molar refractivity (Wildman–Crippen MR) is 107 cm³/mol. The first-order valence-corrected chi connectivity index (χ1v) is 9.31. The molecule has 0 aliphatic carbocycles. The second kappa shape index (κ2) is 6.74. The second-order valence-corrected chi connectivity index (χ2v) is 7.12. The minimum atomic E-state index is -0.0570. The number of nitrogens with zero attached hydrogens (tertiary/aromatic N) is 4. The van der Waals surface area contributed by atoms with Crippen molar-refractivity contribution in [3.63, 3.8) is 0 Å². The Bertz CT molecular complexity index is 1180. The third kappa shape index (κ3) is 2.77. The summed E-state index contributed by atoms with van der Waals surface area (Å²) in [7, 11) is 0. The Labute approximate surface area is 162 Å². The van der Waals surface area contributed by atoms with E-state index in [2.05, 4.69) is 31.4 Å². The number of hydrogen-bond donors (Lipinski definition) is 1. The molecule has 8 heteroatoms. The molecule has 0 atom stereocenters. The van der Waals surface area contributed by atoms with Gasteiger partial charge in [-0.2, -0.15) is 0 Å². The van der Waals surface area contributed by atoms with E-state index in [0.717, 1.165) is 15.7 Å². The smallest absolute Gasteiger partial charge is 0.262 e. The van der Waals surface area contributed by atoms with Gasteiger partial charge in [0.15, 0.2) is 5.82 Å². The molecule has 4 aromatic rings. The van der Waals surface area contributed by atoms with Gasteiger partial charge in [-0.05, 0) is 37.3 Å². The van der Waals surface area contributed by atoms with Crippen LogP contribution in [0.2, 0.25) is 5.02 Å². The number of halogens is 2. The number of benzene rings is 2. The van der Waals surface area contributed by atoms with Crippen LogP contribution < -0.4 is 10.9 Å². The molecule has 4 rings (SSSR count). The van der Waals surface area contributed by atoms with Crippen LogP contribution in [-0.4, -0.2) is 19.2 Å². The lowest BCUT2D eigenvalue weighted by Gasteiger charge is -2.11. The van der Waals surface area contributed by atoms with Gasteiger partial charge in [0, 0.05) is 11.0 Å². The largest absolute Gasteiger partial charge is 0.377 e. The summed E-state index contributed by atoms with van der Waals surface area (Å²) in [6.45, 7) is 2.87. The molecule has 0 amide bonds. The van der Waals surface area contributed by atoms with E-state index in [0.29, 0.717) is 35.1 Å². The van der Waals surface area contributed by atoms with Crippen molar-refractivity contribution in [3.8, 4) is 0 Å². The van der Waals surface area contributed by atoms with Gasteiger partial charge in [-0.25, -0.2) is 0 Å². The first-order valence-electron chi connectivity index (χ1n) is 8.14. The maximum atomic E-state index is 12.7. The molecule has 0 bridgehead atoms. The fraction of sp³-hybridized carbons (Fsp3) is 0.167. The number of hydrogen-bond acceptors (Lipinski definition) is 4. The molecular formula is C18H15BrClN5O. The van der Waals surface area contributed by atoms with Gasteiger partial charge in [0.25, 0.3) is 5.56 Å². The number of para-hydroxylation sites is 1. The van der Waals surface area contributed by atoms with Gasteiger partial charge in [0.2, 0.25) is 5.78 Å². The fourth-order valence-electron chi connectivity index (χ4n) is 3.02. The highest BCUT2D eigenvalue weighted by Crippen LogP contribution is 2.26. The number of anilines is 1. The first kappa shape index (κ1) is 17.1. The third-order valence-electron chi connectivity index (χ3n) is 4.26. The van der Waals surface area contributed by atoms with Crippen LogP contribution in [0.5, 0.6) is 0 Å². The molecule has 0 aliphatic heterocycles. The van der Waals surface area contributed by atoms with Crippen molar-refractivity contribution in [2.45, 2.75) is 20.0 Å². The number of nitrogens with one attached hydrogen (secondary N) is 1. The monoisotopic (exact) mass is 431 g/mol. The molecule has 1 N–H and O–H groups in total. The van der Waals surface area contributed by atoms with Gasteiger partial charge in [-0.1, -0.05) is 39.7 Å². The summed E-state index contributed by atoms with van der Waals surface area (Å²) in [6.07, 6.45) is 0. The quantitative estimate of drug-likeness (QED) is 0.527. The van der Waals surface area contributed by atoms with E-state index in [9.17, 15) is 4.79 Å². The van der Waals surface area contributed by atoms with Crippen molar-refractivity contribution < 1.29 is 0 Å². The van der Waals surface area contributed by atoms with E-state index in [4.69, 9.17) is 11.6 Å². The first-order chi connectivity index (χ1) is 12.6. The van der Waals surface area contributed by atoms with E-state index in [1.807, 2.05) is 53.8 Å². The zero-order chi connectivity index (χ0) is 18.3. The van der Waals surface area contributed by atoms with Gasteiger partial charge in [-0.15, -0.1) is 10.2 Å².